The first-order chi connectivity index (χ1) is 8.47. The van der Waals surface area contributed by atoms with Crippen LogP contribution in [0.3, 0.4) is 0 Å². The Labute approximate surface area is 109 Å². The van der Waals surface area contributed by atoms with E-state index in [-0.39, 0.29) is 0 Å². The molecule has 3 heteroatoms. The maximum absolute atomic E-state index is 4.41. The molecule has 0 bridgehead atoms. The van der Waals surface area contributed by atoms with Crippen molar-refractivity contribution < 1.29 is 0 Å². The van der Waals surface area contributed by atoms with Crippen molar-refractivity contribution >= 4 is 11.0 Å². The van der Waals surface area contributed by atoms with Crippen molar-refractivity contribution in [3.63, 3.8) is 0 Å². The summed E-state index contributed by atoms with van der Waals surface area (Å²) in [7, 11) is 0. The van der Waals surface area contributed by atoms with Gasteiger partial charge in [0.2, 0.25) is 0 Å². The van der Waals surface area contributed by atoms with Gasteiger partial charge in [-0.3, -0.25) is 0 Å². The fourth-order valence-corrected chi connectivity index (χ4v) is 2.80. The smallest absolute Gasteiger partial charge is 0.163 e. The third-order valence-corrected chi connectivity index (χ3v) is 3.79. The normalized spacial score (nSPS) is 13.5. The van der Waals surface area contributed by atoms with Gasteiger partial charge >= 0.3 is 0 Å². The lowest BCUT2D eigenvalue weighted by atomic mass is 9.96. The van der Waals surface area contributed by atoms with Gasteiger partial charge in [0, 0.05) is 17.1 Å². The summed E-state index contributed by atoms with van der Waals surface area (Å²) < 4.78 is 2.31. The monoisotopic (exact) mass is 245 g/mol. The molecule has 0 aliphatic carbocycles. The lowest BCUT2D eigenvalue weighted by Gasteiger charge is -2.13. The Morgan fingerprint density at radius 1 is 1.17 bits per heavy atom. The van der Waals surface area contributed by atoms with Crippen molar-refractivity contribution in [3.05, 3.63) is 23.0 Å². The summed E-state index contributed by atoms with van der Waals surface area (Å²) in [6, 6.07) is 2.60. The van der Waals surface area contributed by atoms with Crippen LogP contribution in [0, 0.1) is 13.8 Å². The largest absolute Gasteiger partial charge is 0.326 e. The second-order valence-corrected chi connectivity index (χ2v) is 5.50. The minimum absolute atomic E-state index is 0.419. The Morgan fingerprint density at radius 3 is 2.39 bits per heavy atom. The molecular weight excluding hydrogens is 222 g/mol. The second kappa shape index (κ2) is 4.71. The number of nitrogens with zero attached hydrogens (tertiary/aromatic N) is 3. The lowest BCUT2D eigenvalue weighted by Crippen LogP contribution is -2.05. The lowest BCUT2D eigenvalue weighted by molar-refractivity contribution is 0.592. The van der Waals surface area contributed by atoms with Gasteiger partial charge < -0.3 is 4.57 Å². The SMILES string of the molecule is CCC(C)c1c(C)n(C(C)C)c2nnc(C)cc12. The van der Waals surface area contributed by atoms with Gasteiger partial charge in [-0.2, -0.15) is 5.10 Å². The fourth-order valence-electron chi connectivity index (χ4n) is 2.80. The predicted octanol–water partition coefficient (Wildman–Crippen LogP) is 4.14. The van der Waals surface area contributed by atoms with E-state index in [9.17, 15) is 0 Å². The Kier molecular flexibility index (Phi) is 3.42. The number of aromatic nitrogens is 3. The van der Waals surface area contributed by atoms with E-state index in [0.29, 0.717) is 12.0 Å². The second-order valence-electron chi connectivity index (χ2n) is 5.50. The van der Waals surface area contributed by atoms with Crippen LogP contribution in [-0.4, -0.2) is 14.8 Å². The zero-order chi connectivity index (χ0) is 13.4. The first-order valence-corrected chi connectivity index (χ1v) is 6.82. The molecule has 3 nitrogen and oxygen atoms in total. The number of hydrogen-bond acceptors (Lipinski definition) is 2. The molecule has 0 fully saturated rings. The fraction of sp³-hybridized carbons (Fsp3) is 0.600. The minimum atomic E-state index is 0.419. The van der Waals surface area contributed by atoms with Gasteiger partial charge in [-0.15, -0.1) is 5.10 Å². The quantitative estimate of drug-likeness (QED) is 0.813. The van der Waals surface area contributed by atoms with E-state index in [1.807, 2.05) is 6.92 Å². The molecule has 0 saturated carbocycles. The first-order valence-electron chi connectivity index (χ1n) is 6.82. The van der Waals surface area contributed by atoms with Crippen molar-refractivity contribution in [2.75, 3.05) is 0 Å². The molecule has 2 rings (SSSR count). The predicted molar refractivity (Wildman–Crippen MR) is 76.1 cm³/mol. The summed E-state index contributed by atoms with van der Waals surface area (Å²) in [6.07, 6.45) is 1.15. The third-order valence-electron chi connectivity index (χ3n) is 3.79. The molecule has 18 heavy (non-hydrogen) atoms. The molecule has 0 aromatic carbocycles. The van der Waals surface area contributed by atoms with Crippen LogP contribution in [0.2, 0.25) is 0 Å². The molecule has 1 unspecified atom stereocenters. The molecule has 2 aromatic rings. The molecular formula is C15H23N3. The minimum Gasteiger partial charge on any atom is -0.326 e. The molecule has 2 aromatic heterocycles. The molecule has 0 radical (unpaired) electrons. The molecule has 0 N–H and O–H groups in total. The van der Waals surface area contributed by atoms with Gasteiger partial charge in [0.25, 0.3) is 0 Å². The highest BCUT2D eigenvalue weighted by Gasteiger charge is 2.20. The van der Waals surface area contributed by atoms with Crippen LogP contribution in [0.25, 0.3) is 11.0 Å². The van der Waals surface area contributed by atoms with Crippen LogP contribution >= 0.6 is 0 Å². The maximum Gasteiger partial charge on any atom is 0.163 e. The molecule has 1 atom stereocenters. The van der Waals surface area contributed by atoms with Crippen LogP contribution in [0.4, 0.5) is 0 Å². The third kappa shape index (κ3) is 1.92. The molecule has 0 aliphatic heterocycles. The first kappa shape index (κ1) is 13.1. The van der Waals surface area contributed by atoms with E-state index in [4.69, 9.17) is 0 Å². The average molecular weight is 245 g/mol. The topological polar surface area (TPSA) is 30.7 Å². The molecule has 2 heterocycles. The Hall–Kier alpha value is -1.38. The van der Waals surface area contributed by atoms with Crippen molar-refractivity contribution in [1.29, 1.82) is 0 Å². The van der Waals surface area contributed by atoms with E-state index in [0.717, 1.165) is 17.8 Å². The van der Waals surface area contributed by atoms with E-state index in [1.165, 1.54) is 16.6 Å². The van der Waals surface area contributed by atoms with Gasteiger partial charge in [0.05, 0.1) is 5.69 Å². The van der Waals surface area contributed by atoms with E-state index < -0.39 is 0 Å². The van der Waals surface area contributed by atoms with Crippen molar-refractivity contribution in [1.82, 2.24) is 14.8 Å². The van der Waals surface area contributed by atoms with Gasteiger partial charge in [0.15, 0.2) is 5.65 Å². The average Bonchev–Trinajstić information content (AvgIpc) is 2.59. The summed E-state index contributed by atoms with van der Waals surface area (Å²) in [5.41, 5.74) is 4.81. The summed E-state index contributed by atoms with van der Waals surface area (Å²) in [5.74, 6) is 0.566. The van der Waals surface area contributed by atoms with Crippen molar-refractivity contribution in [2.45, 2.75) is 59.9 Å². The summed E-state index contributed by atoms with van der Waals surface area (Å²) in [4.78, 5) is 0. The van der Waals surface area contributed by atoms with Crippen LogP contribution in [0.5, 0.6) is 0 Å². The molecule has 0 spiro atoms. The Balaban J connectivity index is 2.83. The number of fused-ring (bicyclic) bond motifs is 1. The maximum atomic E-state index is 4.41. The standard InChI is InChI=1S/C15H23N3/c1-7-10(4)14-12(6)18(9(2)3)15-13(14)8-11(5)16-17-15/h8-10H,7H2,1-6H3. The highest BCUT2D eigenvalue weighted by molar-refractivity contribution is 5.83. The summed E-state index contributed by atoms with van der Waals surface area (Å²) >= 11 is 0. The van der Waals surface area contributed by atoms with Crippen LogP contribution < -0.4 is 0 Å². The van der Waals surface area contributed by atoms with E-state index in [1.54, 1.807) is 0 Å². The Morgan fingerprint density at radius 2 is 1.83 bits per heavy atom. The van der Waals surface area contributed by atoms with E-state index >= 15 is 0 Å². The molecule has 0 aliphatic rings. The van der Waals surface area contributed by atoms with Crippen molar-refractivity contribution in [3.8, 4) is 0 Å². The van der Waals surface area contributed by atoms with Gasteiger partial charge in [-0.25, -0.2) is 0 Å². The molecule has 0 amide bonds. The molecule has 0 saturated heterocycles. The van der Waals surface area contributed by atoms with Gasteiger partial charge in [0.1, 0.15) is 0 Å². The van der Waals surface area contributed by atoms with Crippen LogP contribution in [-0.2, 0) is 0 Å². The van der Waals surface area contributed by atoms with Crippen molar-refractivity contribution in [2.24, 2.45) is 0 Å². The molecule has 98 valence electrons. The zero-order valence-corrected chi connectivity index (χ0v) is 12.3. The van der Waals surface area contributed by atoms with E-state index in [2.05, 4.69) is 55.4 Å². The van der Waals surface area contributed by atoms with Crippen LogP contribution in [0.1, 0.15) is 63.0 Å². The zero-order valence-electron chi connectivity index (χ0n) is 12.3. The highest BCUT2D eigenvalue weighted by atomic mass is 15.2. The number of rotatable bonds is 3. The summed E-state index contributed by atoms with van der Waals surface area (Å²) in [6.45, 7) is 13.2. The highest BCUT2D eigenvalue weighted by Crippen LogP contribution is 2.34. The van der Waals surface area contributed by atoms with Gasteiger partial charge in [-0.1, -0.05) is 13.8 Å². The van der Waals surface area contributed by atoms with Crippen LogP contribution in [0.15, 0.2) is 6.07 Å². The van der Waals surface area contributed by atoms with Gasteiger partial charge in [-0.05, 0) is 51.7 Å². The number of hydrogen-bond donors (Lipinski definition) is 0. The Bertz CT molecular complexity index is 567. The number of aryl methyl sites for hydroxylation is 1. The summed E-state index contributed by atoms with van der Waals surface area (Å²) in [5, 5.41) is 9.91.